The number of benzene rings is 2. The normalized spacial score (nSPS) is 18.2. The third kappa shape index (κ3) is 4.94. The lowest BCUT2D eigenvalue weighted by Gasteiger charge is -2.24. The minimum atomic E-state index is -0.794. The molecule has 1 aliphatic rings. The average Bonchev–Trinajstić information content (AvgIpc) is 3.17. The van der Waals surface area contributed by atoms with E-state index in [0.717, 1.165) is 0 Å². The van der Waals surface area contributed by atoms with Crippen molar-refractivity contribution in [2.45, 2.75) is 38.9 Å². The SMILES string of the molecule is Cc1cc(F)ccc1C(=C(C=CC1CC(O)CC(=O)O1)c1nnnn1C)c1ccc(F)cc1C. The van der Waals surface area contributed by atoms with E-state index in [9.17, 15) is 18.7 Å². The van der Waals surface area contributed by atoms with E-state index < -0.39 is 18.2 Å². The lowest BCUT2D eigenvalue weighted by Crippen LogP contribution is -2.31. The molecular formula is C25H24F2N4O3. The van der Waals surface area contributed by atoms with Gasteiger partial charge in [0, 0.05) is 24.6 Å². The first kappa shape index (κ1) is 23.4. The van der Waals surface area contributed by atoms with Gasteiger partial charge < -0.3 is 9.84 Å². The van der Waals surface area contributed by atoms with Gasteiger partial charge >= 0.3 is 5.97 Å². The van der Waals surface area contributed by atoms with Gasteiger partial charge in [-0.1, -0.05) is 18.2 Å². The monoisotopic (exact) mass is 466 g/mol. The number of hydrogen-bond acceptors (Lipinski definition) is 6. The van der Waals surface area contributed by atoms with Crippen molar-refractivity contribution in [3.05, 3.63) is 88.3 Å². The van der Waals surface area contributed by atoms with Crippen molar-refractivity contribution in [3.63, 3.8) is 0 Å². The number of nitrogens with zero attached hydrogens (tertiary/aromatic N) is 4. The third-order valence-corrected chi connectivity index (χ3v) is 5.71. The number of halogens is 2. The van der Waals surface area contributed by atoms with E-state index in [2.05, 4.69) is 15.5 Å². The summed E-state index contributed by atoms with van der Waals surface area (Å²) in [4.78, 5) is 11.8. The van der Waals surface area contributed by atoms with E-state index in [1.54, 1.807) is 45.2 Å². The maximum atomic E-state index is 14.0. The number of tetrazole rings is 1. The van der Waals surface area contributed by atoms with Gasteiger partial charge in [0.2, 0.25) is 0 Å². The third-order valence-electron chi connectivity index (χ3n) is 5.71. The maximum Gasteiger partial charge on any atom is 0.309 e. The molecule has 1 N–H and O–H groups in total. The molecule has 2 heterocycles. The Labute approximate surface area is 195 Å². The van der Waals surface area contributed by atoms with Crippen LogP contribution in [0.15, 0.2) is 48.6 Å². The van der Waals surface area contributed by atoms with Crippen LogP contribution in [-0.2, 0) is 16.6 Å². The van der Waals surface area contributed by atoms with Crippen LogP contribution in [0.25, 0.3) is 11.1 Å². The molecule has 4 rings (SSSR count). The van der Waals surface area contributed by atoms with E-state index >= 15 is 0 Å². The fourth-order valence-electron chi connectivity index (χ4n) is 4.11. The van der Waals surface area contributed by atoms with Gasteiger partial charge in [0.25, 0.3) is 0 Å². The summed E-state index contributed by atoms with van der Waals surface area (Å²) in [5.41, 5.74) is 3.97. The number of carbonyl (C=O) groups excluding carboxylic acids is 1. The molecule has 0 amide bonds. The minimum Gasteiger partial charge on any atom is -0.458 e. The van der Waals surface area contributed by atoms with Crippen molar-refractivity contribution in [1.29, 1.82) is 0 Å². The van der Waals surface area contributed by atoms with Gasteiger partial charge in [-0.2, -0.15) is 0 Å². The standard InChI is InChI=1S/C25H24F2N4O3/c1-14-10-16(26)4-7-20(14)24(21-8-5-17(27)11-15(21)2)22(25-28-29-30-31(25)3)9-6-19-12-18(32)13-23(33)34-19/h4-11,18-19,32H,12-13H2,1-3H3. The molecule has 0 saturated carbocycles. The zero-order chi connectivity index (χ0) is 24.4. The highest BCUT2D eigenvalue weighted by Crippen LogP contribution is 2.36. The van der Waals surface area contributed by atoms with Crippen LogP contribution < -0.4 is 0 Å². The van der Waals surface area contributed by atoms with E-state index in [4.69, 9.17) is 4.74 Å². The lowest BCUT2D eigenvalue weighted by atomic mass is 9.87. The molecule has 1 aliphatic heterocycles. The molecule has 2 aromatic carbocycles. The molecule has 1 fully saturated rings. The lowest BCUT2D eigenvalue weighted by molar-refractivity contribution is -0.156. The smallest absolute Gasteiger partial charge is 0.309 e. The number of aryl methyl sites for hydroxylation is 3. The number of ether oxygens (including phenoxy) is 1. The zero-order valence-electron chi connectivity index (χ0n) is 19.0. The van der Waals surface area contributed by atoms with Crippen molar-refractivity contribution < 1.29 is 23.4 Å². The molecule has 1 saturated heterocycles. The molecule has 2 unspecified atom stereocenters. The van der Waals surface area contributed by atoms with Crippen LogP contribution >= 0.6 is 0 Å². The van der Waals surface area contributed by atoms with Crippen LogP contribution in [0.5, 0.6) is 0 Å². The van der Waals surface area contributed by atoms with Crippen LogP contribution in [0.1, 0.15) is 40.9 Å². The first-order valence-corrected chi connectivity index (χ1v) is 10.8. The van der Waals surface area contributed by atoms with E-state index in [0.29, 0.717) is 39.2 Å². The van der Waals surface area contributed by atoms with Gasteiger partial charge in [0.05, 0.1) is 12.5 Å². The molecule has 3 aromatic rings. The second-order valence-electron chi connectivity index (χ2n) is 8.31. The predicted molar refractivity (Wildman–Crippen MR) is 121 cm³/mol. The van der Waals surface area contributed by atoms with Gasteiger partial charge in [-0.05, 0) is 76.9 Å². The molecule has 34 heavy (non-hydrogen) atoms. The average molecular weight is 466 g/mol. The Bertz CT molecular complexity index is 1250. The van der Waals surface area contributed by atoms with Crippen molar-refractivity contribution in [2.75, 3.05) is 0 Å². The number of aromatic nitrogens is 4. The van der Waals surface area contributed by atoms with Crippen molar-refractivity contribution in [2.24, 2.45) is 7.05 Å². The van der Waals surface area contributed by atoms with Crippen LogP contribution in [0.4, 0.5) is 8.78 Å². The number of rotatable bonds is 5. The molecule has 7 nitrogen and oxygen atoms in total. The summed E-state index contributed by atoms with van der Waals surface area (Å²) >= 11 is 0. The second kappa shape index (κ2) is 9.64. The summed E-state index contributed by atoms with van der Waals surface area (Å²) in [5, 5.41) is 21.8. The van der Waals surface area contributed by atoms with Crippen molar-refractivity contribution >= 4 is 17.1 Å². The Morgan fingerprint density at radius 2 is 1.74 bits per heavy atom. The second-order valence-corrected chi connectivity index (χ2v) is 8.31. The molecule has 1 aromatic heterocycles. The predicted octanol–water partition coefficient (Wildman–Crippen LogP) is 3.69. The van der Waals surface area contributed by atoms with Gasteiger partial charge in [-0.3, -0.25) is 4.79 Å². The maximum absolute atomic E-state index is 14.0. The summed E-state index contributed by atoms with van der Waals surface area (Å²) < 4.78 is 34.8. The van der Waals surface area contributed by atoms with Gasteiger partial charge in [0.1, 0.15) is 17.7 Å². The Morgan fingerprint density at radius 3 is 2.24 bits per heavy atom. The number of cyclic esters (lactones) is 1. The van der Waals surface area contributed by atoms with E-state index in [-0.39, 0.29) is 24.5 Å². The number of carbonyl (C=O) groups is 1. The number of aliphatic hydroxyl groups is 1. The van der Waals surface area contributed by atoms with Crippen molar-refractivity contribution in [3.8, 4) is 0 Å². The first-order chi connectivity index (χ1) is 16.2. The molecule has 9 heteroatoms. The number of allylic oxidation sites excluding steroid dienone is 2. The van der Waals surface area contributed by atoms with Crippen molar-refractivity contribution in [1.82, 2.24) is 20.2 Å². The van der Waals surface area contributed by atoms with Crippen LogP contribution in [0.2, 0.25) is 0 Å². The highest BCUT2D eigenvalue weighted by atomic mass is 19.1. The molecule has 0 spiro atoms. The molecule has 0 bridgehead atoms. The highest BCUT2D eigenvalue weighted by molar-refractivity contribution is 6.02. The first-order valence-electron chi connectivity index (χ1n) is 10.8. The fourth-order valence-corrected chi connectivity index (χ4v) is 4.11. The summed E-state index contributed by atoms with van der Waals surface area (Å²) in [6.07, 6.45) is 2.17. The Kier molecular flexibility index (Phi) is 6.65. The van der Waals surface area contributed by atoms with E-state index in [1.165, 1.54) is 28.9 Å². The number of aliphatic hydroxyl groups excluding tert-OH is 1. The van der Waals surface area contributed by atoms with Gasteiger partial charge in [-0.25, -0.2) is 13.5 Å². The molecule has 176 valence electrons. The summed E-state index contributed by atoms with van der Waals surface area (Å²) in [7, 11) is 1.68. The Morgan fingerprint density at radius 1 is 1.12 bits per heavy atom. The Balaban J connectivity index is 1.98. The highest BCUT2D eigenvalue weighted by Gasteiger charge is 2.26. The quantitative estimate of drug-likeness (QED) is 0.456. The fraction of sp³-hybridized carbons (Fsp3) is 0.280. The van der Waals surface area contributed by atoms with Gasteiger partial charge in [0.15, 0.2) is 5.82 Å². The van der Waals surface area contributed by atoms with Crippen LogP contribution in [0, 0.1) is 25.5 Å². The molecule has 0 radical (unpaired) electrons. The van der Waals surface area contributed by atoms with Gasteiger partial charge in [-0.15, -0.1) is 5.10 Å². The van der Waals surface area contributed by atoms with E-state index in [1.807, 2.05) is 0 Å². The largest absolute Gasteiger partial charge is 0.458 e. The minimum absolute atomic E-state index is 0.0466. The summed E-state index contributed by atoms with van der Waals surface area (Å²) in [5.74, 6) is -0.835. The van der Waals surface area contributed by atoms with Crippen LogP contribution in [-0.4, -0.2) is 43.5 Å². The number of esters is 1. The number of hydrogen-bond donors (Lipinski definition) is 1. The summed E-state index contributed by atoms with van der Waals surface area (Å²) in [6.45, 7) is 3.57. The van der Waals surface area contributed by atoms with Crippen LogP contribution in [0.3, 0.4) is 0 Å². The molecular weight excluding hydrogens is 442 g/mol. The zero-order valence-corrected chi connectivity index (χ0v) is 19.0. The Hall–Kier alpha value is -3.72. The molecule has 0 aliphatic carbocycles. The topological polar surface area (TPSA) is 90.1 Å². The summed E-state index contributed by atoms with van der Waals surface area (Å²) in [6, 6.07) is 8.87. The molecule has 2 atom stereocenters.